The number of piperazine rings is 1. The van der Waals surface area contributed by atoms with E-state index >= 15 is 0 Å². The Morgan fingerprint density at radius 3 is 2.67 bits per heavy atom. The number of carbonyl (C=O) groups is 2. The largest absolute Gasteiger partial charge is 0.342 e. The molecule has 5 nitrogen and oxygen atoms in total. The summed E-state index contributed by atoms with van der Waals surface area (Å²) >= 11 is 0. The lowest BCUT2D eigenvalue weighted by Gasteiger charge is -2.32. The molecule has 2 atom stereocenters. The van der Waals surface area contributed by atoms with Crippen LogP contribution in [0.2, 0.25) is 0 Å². The van der Waals surface area contributed by atoms with Crippen molar-refractivity contribution >= 4 is 22.6 Å². The number of hydrogen-bond acceptors (Lipinski definition) is 3. The molecular formula is C15H20N2O3S. The highest BCUT2D eigenvalue weighted by atomic mass is 32.2. The van der Waals surface area contributed by atoms with Gasteiger partial charge >= 0.3 is 0 Å². The fraction of sp³-hybridized carbons (Fsp3) is 0.467. The van der Waals surface area contributed by atoms with Crippen molar-refractivity contribution in [1.29, 1.82) is 0 Å². The van der Waals surface area contributed by atoms with Gasteiger partial charge in [-0.1, -0.05) is 37.3 Å². The summed E-state index contributed by atoms with van der Waals surface area (Å²) < 4.78 is 11.5. The summed E-state index contributed by atoms with van der Waals surface area (Å²) in [6.07, 6.45) is 0.485. The van der Waals surface area contributed by atoms with Gasteiger partial charge in [0.25, 0.3) is 0 Å². The van der Waals surface area contributed by atoms with E-state index in [0.717, 1.165) is 5.56 Å². The van der Waals surface area contributed by atoms with E-state index in [4.69, 9.17) is 0 Å². The summed E-state index contributed by atoms with van der Waals surface area (Å²) in [7, 11) is -0.930. The van der Waals surface area contributed by atoms with Crippen LogP contribution >= 0.6 is 0 Å². The number of rotatable bonds is 6. The minimum atomic E-state index is -0.930. The molecule has 1 fully saturated rings. The van der Waals surface area contributed by atoms with Gasteiger partial charge in [0.2, 0.25) is 11.8 Å². The smallest absolute Gasteiger partial charge is 0.245 e. The van der Waals surface area contributed by atoms with Crippen LogP contribution in [0.3, 0.4) is 0 Å². The van der Waals surface area contributed by atoms with Crippen molar-refractivity contribution in [2.75, 3.05) is 24.6 Å². The van der Waals surface area contributed by atoms with Gasteiger partial charge in [-0.2, -0.15) is 0 Å². The molecule has 2 rings (SSSR count). The molecule has 1 aliphatic heterocycles. The van der Waals surface area contributed by atoms with E-state index < -0.39 is 16.8 Å². The summed E-state index contributed by atoms with van der Waals surface area (Å²) in [6.45, 7) is 2.28. The van der Waals surface area contributed by atoms with Gasteiger partial charge in [0.1, 0.15) is 6.04 Å². The van der Waals surface area contributed by atoms with E-state index in [9.17, 15) is 13.8 Å². The quantitative estimate of drug-likeness (QED) is 0.823. The van der Waals surface area contributed by atoms with Crippen LogP contribution < -0.4 is 5.32 Å². The lowest BCUT2D eigenvalue weighted by Crippen LogP contribution is -2.59. The second kappa shape index (κ2) is 7.36. The average Bonchev–Trinajstić information content (AvgIpc) is 2.49. The Hall–Kier alpha value is -1.69. The topological polar surface area (TPSA) is 66.5 Å². The first-order valence-electron chi connectivity index (χ1n) is 7.07. The normalized spacial score (nSPS) is 20.2. The molecule has 1 saturated heterocycles. The summed E-state index contributed by atoms with van der Waals surface area (Å²) in [5.74, 6) is 0.749. The molecule has 1 heterocycles. The van der Waals surface area contributed by atoms with E-state index in [1.807, 2.05) is 37.3 Å². The van der Waals surface area contributed by atoms with Gasteiger partial charge in [-0.05, 0) is 5.56 Å². The van der Waals surface area contributed by atoms with Crippen LogP contribution in [0.1, 0.15) is 12.5 Å². The zero-order valence-corrected chi connectivity index (χ0v) is 12.9. The average molecular weight is 308 g/mol. The first-order chi connectivity index (χ1) is 10.1. The molecule has 0 spiro atoms. The molecule has 114 valence electrons. The maximum absolute atomic E-state index is 12.4. The molecule has 0 saturated carbocycles. The van der Waals surface area contributed by atoms with Crippen molar-refractivity contribution in [1.82, 2.24) is 10.2 Å². The fourth-order valence-corrected chi connectivity index (χ4v) is 3.02. The van der Waals surface area contributed by atoms with Crippen molar-refractivity contribution in [2.24, 2.45) is 0 Å². The maximum Gasteiger partial charge on any atom is 0.245 e. The predicted octanol–water partition coefficient (Wildman–Crippen LogP) is 0.325. The Kier molecular flexibility index (Phi) is 5.50. The zero-order valence-electron chi connectivity index (χ0n) is 12.1. The van der Waals surface area contributed by atoms with Gasteiger partial charge in [-0.25, -0.2) is 0 Å². The summed E-state index contributed by atoms with van der Waals surface area (Å²) in [6, 6.07) is 9.08. The second-order valence-electron chi connectivity index (χ2n) is 5.00. The van der Waals surface area contributed by atoms with Crippen LogP contribution in [-0.2, 0) is 26.8 Å². The Labute approximate surface area is 127 Å². The van der Waals surface area contributed by atoms with E-state index in [2.05, 4.69) is 5.32 Å². The molecule has 0 radical (unpaired) electrons. The summed E-state index contributed by atoms with van der Waals surface area (Å²) in [5.41, 5.74) is 1.01. The molecule has 1 aliphatic rings. The van der Waals surface area contributed by atoms with Gasteiger partial charge in [0.05, 0.1) is 6.54 Å². The minimum absolute atomic E-state index is 0.0606. The lowest BCUT2D eigenvalue weighted by atomic mass is 10.0. The van der Waals surface area contributed by atoms with Gasteiger partial charge in [-0.15, -0.1) is 0 Å². The molecule has 0 aromatic heterocycles. The highest BCUT2D eigenvalue weighted by Crippen LogP contribution is 2.09. The van der Waals surface area contributed by atoms with E-state index in [1.165, 1.54) is 4.90 Å². The van der Waals surface area contributed by atoms with Crippen molar-refractivity contribution in [3.05, 3.63) is 35.9 Å². The predicted molar refractivity (Wildman–Crippen MR) is 82.2 cm³/mol. The first kappa shape index (κ1) is 15.7. The number of nitrogens with one attached hydrogen (secondary N) is 1. The highest BCUT2D eigenvalue weighted by molar-refractivity contribution is 7.84. The monoisotopic (exact) mass is 308 g/mol. The van der Waals surface area contributed by atoms with Crippen LogP contribution in [0.4, 0.5) is 0 Å². The van der Waals surface area contributed by atoms with Gasteiger partial charge in [-0.3, -0.25) is 13.8 Å². The molecule has 21 heavy (non-hydrogen) atoms. The Morgan fingerprint density at radius 1 is 1.29 bits per heavy atom. The summed E-state index contributed by atoms with van der Waals surface area (Å²) in [4.78, 5) is 25.7. The van der Waals surface area contributed by atoms with Crippen LogP contribution in [0, 0.1) is 0 Å². The molecule has 1 aromatic rings. The van der Waals surface area contributed by atoms with Crippen molar-refractivity contribution < 1.29 is 13.8 Å². The maximum atomic E-state index is 12.4. The Balaban J connectivity index is 2.00. The minimum Gasteiger partial charge on any atom is -0.342 e. The molecule has 0 aliphatic carbocycles. The first-order valence-corrected chi connectivity index (χ1v) is 8.56. The zero-order chi connectivity index (χ0) is 15.2. The number of amides is 2. The van der Waals surface area contributed by atoms with E-state index in [1.54, 1.807) is 0 Å². The SMILES string of the molecule is CCS(=O)CCN1CC(=O)NC(Cc2ccccc2)C1=O. The Bertz CT molecular complexity index is 533. The molecule has 1 aromatic carbocycles. The van der Waals surface area contributed by atoms with Crippen molar-refractivity contribution in [2.45, 2.75) is 19.4 Å². The van der Waals surface area contributed by atoms with Crippen LogP contribution in [0.15, 0.2) is 30.3 Å². The molecular weight excluding hydrogens is 288 g/mol. The third-order valence-electron chi connectivity index (χ3n) is 3.47. The van der Waals surface area contributed by atoms with Gasteiger partial charge in [0, 0.05) is 35.3 Å². The van der Waals surface area contributed by atoms with Crippen molar-refractivity contribution in [3.63, 3.8) is 0 Å². The van der Waals surface area contributed by atoms with E-state index in [-0.39, 0.29) is 18.4 Å². The molecule has 1 N–H and O–H groups in total. The standard InChI is InChI=1S/C15H20N2O3S/c1-2-21(20)9-8-17-11-14(18)16-13(15(17)19)10-12-6-4-3-5-7-12/h3-7,13H,2,8-11H2,1H3,(H,16,18). The van der Waals surface area contributed by atoms with E-state index in [0.29, 0.717) is 24.5 Å². The third kappa shape index (κ3) is 4.39. The number of carbonyl (C=O) groups excluding carboxylic acids is 2. The highest BCUT2D eigenvalue weighted by Gasteiger charge is 2.32. The van der Waals surface area contributed by atoms with Gasteiger partial charge in [0.15, 0.2) is 0 Å². The molecule has 2 unspecified atom stereocenters. The van der Waals surface area contributed by atoms with Gasteiger partial charge < -0.3 is 10.2 Å². The van der Waals surface area contributed by atoms with Crippen LogP contribution in [0.25, 0.3) is 0 Å². The lowest BCUT2D eigenvalue weighted by molar-refractivity contribution is -0.143. The fourth-order valence-electron chi connectivity index (χ4n) is 2.31. The molecule has 0 bridgehead atoms. The number of benzene rings is 1. The number of nitrogens with zero attached hydrogens (tertiary/aromatic N) is 1. The van der Waals surface area contributed by atoms with Crippen LogP contribution in [-0.4, -0.2) is 51.6 Å². The third-order valence-corrected chi connectivity index (χ3v) is 4.75. The second-order valence-corrected chi connectivity index (χ2v) is 6.87. The summed E-state index contributed by atoms with van der Waals surface area (Å²) in [5, 5.41) is 2.74. The molecule has 2 amide bonds. The van der Waals surface area contributed by atoms with Crippen molar-refractivity contribution in [3.8, 4) is 0 Å². The Morgan fingerprint density at radius 2 is 2.00 bits per heavy atom. The van der Waals surface area contributed by atoms with Crippen LogP contribution in [0.5, 0.6) is 0 Å². The number of hydrogen-bond donors (Lipinski definition) is 1. The molecule has 6 heteroatoms.